The van der Waals surface area contributed by atoms with Gasteiger partial charge < -0.3 is 25.0 Å². The summed E-state index contributed by atoms with van der Waals surface area (Å²) in [6.07, 6.45) is 4.83. The van der Waals surface area contributed by atoms with Gasteiger partial charge in [-0.25, -0.2) is 4.39 Å². The molecule has 1 saturated carbocycles. The number of carbonyl (C=O) groups excluding carboxylic acids is 1. The number of methoxy groups -OCH3 is 2. The summed E-state index contributed by atoms with van der Waals surface area (Å²) < 4.78 is 24.5. The van der Waals surface area contributed by atoms with Gasteiger partial charge in [-0.05, 0) is 56.9 Å². The number of nitrogens with one attached hydrogen (secondary N) is 2. The number of amides is 1. The number of hydrogen-bond acceptors (Lipinski definition) is 7. The average Bonchev–Trinajstić information content (AvgIpc) is 3.76. The van der Waals surface area contributed by atoms with E-state index in [1.54, 1.807) is 25.4 Å². The van der Waals surface area contributed by atoms with Crippen LogP contribution < -0.4 is 20.3 Å². The predicted molar refractivity (Wildman–Crippen MR) is 146 cm³/mol. The van der Waals surface area contributed by atoms with Crippen LogP contribution in [0, 0.1) is 12.7 Å². The van der Waals surface area contributed by atoms with Gasteiger partial charge in [-0.1, -0.05) is 6.07 Å². The molecule has 1 saturated heterocycles. The monoisotopic (exact) mass is 521 g/mol. The molecule has 1 aliphatic carbocycles. The number of rotatable bonds is 8. The molecule has 1 amide bonds. The van der Waals surface area contributed by atoms with Gasteiger partial charge in [0.05, 0.1) is 42.2 Å². The van der Waals surface area contributed by atoms with Crippen molar-refractivity contribution in [2.75, 3.05) is 45.4 Å². The number of ether oxygens (including phenoxy) is 2. The predicted octanol–water partition coefficient (Wildman–Crippen LogP) is 4.27. The van der Waals surface area contributed by atoms with E-state index >= 15 is 0 Å². The number of nitrogens with zero attached hydrogens (tertiary/aromatic N) is 3. The summed E-state index contributed by atoms with van der Waals surface area (Å²) >= 11 is 0. The van der Waals surface area contributed by atoms with Crippen molar-refractivity contribution >= 4 is 22.5 Å². The lowest BCUT2D eigenvalue weighted by Gasteiger charge is -2.27. The van der Waals surface area contributed by atoms with E-state index in [2.05, 4.69) is 21.6 Å². The number of benzene rings is 1. The Morgan fingerprint density at radius 3 is 2.79 bits per heavy atom. The Kier molecular flexibility index (Phi) is 7.76. The number of anilines is 1. The third-order valence-corrected chi connectivity index (χ3v) is 7.46. The van der Waals surface area contributed by atoms with E-state index in [-0.39, 0.29) is 23.7 Å². The normalized spacial score (nSPS) is 18.8. The standard InChI is InChI=1S/C29H36FN5O3/c1-17-13-22-27(26(33-17)19-5-6-19)32-15-23(28(22)35-11-9-21(16-37-3)31-10-12-35)29(36)34-18(2)20-7-8-24(30)25(14-20)38-4/h7-8,13-15,18-19,21,31H,5-6,9-12,16H2,1-4H3,(H,34,36)/t18-,21?/m0/s1. The third-order valence-electron chi connectivity index (χ3n) is 7.46. The molecule has 3 aromatic rings. The largest absolute Gasteiger partial charge is 0.494 e. The first-order chi connectivity index (χ1) is 18.4. The van der Waals surface area contributed by atoms with Gasteiger partial charge >= 0.3 is 0 Å². The smallest absolute Gasteiger partial charge is 0.255 e. The maximum Gasteiger partial charge on any atom is 0.255 e. The van der Waals surface area contributed by atoms with Crippen LogP contribution in [0.1, 0.15) is 65.5 Å². The van der Waals surface area contributed by atoms with E-state index in [9.17, 15) is 9.18 Å². The summed E-state index contributed by atoms with van der Waals surface area (Å²) in [6.45, 7) is 6.85. The van der Waals surface area contributed by atoms with Gasteiger partial charge in [-0.2, -0.15) is 0 Å². The second-order valence-electron chi connectivity index (χ2n) is 10.3. The van der Waals surface area contributed by atoms with Crippen molar-refractivity contribution in [1.29, 1.82) is 0 Å². The first-order valence-electron chi connectivity index (χ1n) is 13.3. The number of hydrogen-bond donors (Lipinski definition) is 2. The van der Waals surface area contributed by atoms with Gasteiger partial charge in [0, 0.05) is 56.0 Å². The van der Waals surface area contributed by atoms with E-state index in [0.717, 1.165) is 72.4 Å². The van der Waals surface area contributed by atoms with Crippen LogP contribution in [0.15, 0.2) is 30.5 Å². The Morgan fingerprint density at radius 2 is 2.05 bits per heavy atom. The zero-order chi connectivity index (χ0) is 26.8. The number of halogens is 1. The highest BCUT2D eigenvalue weighted by Gasteiger charge is 2.31. The molecule has 5 rings (SSSR count). The van der Waals surface area contributed by atoms with Crippen molar-refractivity contribution < 1.29 is 18.7 Å². The summed E-state index contributed by atoms with van der Waals surface area (Å²) in [5.74, 6) is -0.0798. The summed E-state index contributed by atoms with van der Waals surface area (Å²) in [4.78, 5) is 25.7. The molecule has 0 radical (unpaired) electrons. The molecule has 1 aromatic carbocycles. The number of carbonyl (C=O) groups is 1. The molecule has 9 heteroatoms. The van der Waals surface area contributed by atoms with Crippen LogP contribution in [0.4, 0.5) is 10.1 Å². The molecular formula is C29H36FN5O3. The minimum Gasteiger partial charge on any atom is -0.494 e. The van der Waals surface area contributed by atoms with Crippen LogP contribution in [0.2, 0.25) is 0 Å². The van der Waals surface area contributed by atoms with Crippen LogP contribution >= 0.6 is 0 Å². The Morgan fingerprint density at radius 1 is 1.24 bits per heavy atom. The van der Waals surface area contributed by atoms with Gasteiger partial charge in [0.25, 0.3) is 5.91 Å². The maximum absolute atomic E-state index is 14.0. The highest BCUT2D eigenvalue weighted by Crippen LogP contribution is 2.43. The summed E-state index contributed by atoms with van der Waals surface area (Å²) in [6, 6.07) is 6.59. The molecule has 8 nitrogen and oxygen atoms in total. The molecule has 2 aromatic heterocycles. The third kappa shape index (κ3) is 5.44. The van der Waals surface area contributed by atoms with Crippen molar-refractivity contribution in [2.24, 2.45) is 0 Å². The number of aryl methyl sites for hydroxylation is 1. The molecule has 0 spiro atoms. The van der Waals surface area contributed by atoms with Crippen molar-refractivity contribution in [2.45, 2.75) is 51.1 Å². The molecule has 3 heterocycles. The maximum atomic E-state index is 14.0. The van der Waals surface area contributed by atoms with Gasteiger partial charge in [-0.3, -0.25) is 14.8 Å². The van der Waals surface area contributed by atoms with E-state index < -0.39 is 5.82 Å². The highest BCUT2D eigenvalue weighted by atomic mass is 19.1. The molecule has 1 aliphatic heterocycles. The summed E-state index contributed by atoms with van der Waals surface area (Å²) in [5, 5.41) is 7.63. The first-order valence-corrected chi connectivity index (χ1v) is 13.3. The van der Waals surface area contributed by atoms with Crippen LogP contribution in [0.5, 0.6) is 5.75 Å². The lowest BCUT2D eigenvalue weighted by atomic mass is 10.0. The van der Waals surface area contributed by atoms with Gasteiger partial charge in [0.15, 0.2) is 11.6 Å². The number of pyridine rings is 2. The van der Waals surface area contributed by atoms with E-state index in [0.29, 0.717) is 18.1 Å². The fraction of sp³-hybridized carbons (Fsp3) is 0.483. The molecule has 2 fully saturated rings. The van der Waals surface area contributed by atoms with E-state index in [4.69, 9.17) is 19.4 Å². The van der Waals surface area contributed by atoms with Gasteiger partial charge in [0.1, 0.15) is 0 Å². The van der Waals surface area contributed by atoms with Crippen LogP contribution in [0.3, 0.4) is 0 Å². The molecule has 0 bridgehead atoms. The molecule has 2 atom stereocenters. The fourth-order valence-electron chi connectivity index (χ4n) is 5.29. The van der Waals surface area contributed by atoms with Crippen LogP contribution in [-0.4, -0.2) is 62.4 Å². The fourth-order valence-corrected chi connectivity index (χ4v) is 5.29. The van der Waals surface area contributed by atoms with Crippen molar-refractivity contribution in [3.8, 4) is 5.75 Å². The molecule has 202 valence electrons. The zero-order valence-corrected chi connectivity index (χ0v) is 22.5. The summed E-state index contributed by atoms with van der Waals surface area (Å²) in [7, 11) is 3.15. The molecule has 2 aliphatic rings. The van der Waals surface area contributed by atoms with Crippen molar-refractivity contribution in [3.63, 3.8) is 0 Å². The van der Waals surface area contributed by atoms with Crippen molar-refractivity contribution in [1.82, 2.24) is 20.6 Å². The number of fused-ring (bicyclic) bond motifs is 1. The van der Waals surface area contributed by atoms with Crippen molar-refractivity contribution in [3.05, 3.63) is 58.8 Å². The quantitative estimate of drug-likeness (QED) is 0.458. The molecule has 38 heavy (non-hydrogen) atoms. The molecular weight excluding hydrogens is 485 g/mol. The lowest BCUT2D eigenvalue weighted by Crippen LogP contribution is -2.34. The Bertz CT molecular complexity index is 1330. The number of aromatic nitrogens is 2. The van der Waals surface area contributed by atoms with Crippen LogP contribution in [0.25, 0.3) is 10.9 Å². The SMILES string of the molecule is COCC1CCN(c2c(C(=O)N[C@@H](C)c3ccc(F)c(OC)c3)cnc3c(C4CC4)nc(C)cc23)CCN1. The Balaban J connectivity index is 1.53. The summed E-state index contributed by atoms with van der Waals surface area (Å²) in [5.41, 5.74) is 5.01. The zero-order valence-electron chi connectivity index (χ0n) is 22.5. The minimum atomic E-state index is -0.437. The average molecular weight is 522 g/mol. The van der Waals surface area contributed by atoms with E-state index in [1.807, 2.05) is 13.8 Å². The topological polar surface area (TPSA) is 88.6 Å². The molecule has 2 N–H and O–H groups in total. The van der Waals surface area contributed by atoms with Crippen LogP contribution in [-0.2, 0) is 4.74 Å². The van der Waals surface area contributed by atoms with Gasteiger partial charge in [0.2, 0.25) is 0 Å². The first kappa shape index (κ1) is 26.3. The van der Waals surface area contributed by atoms with E-state index in [1.165, 1.54) is 13.2 Å². The Labute approximate surface area is 222 Å². The second-order valence-corrected chi connectivity index (χ2v) is 10.3. The highest BCUT2D eigenvalue weighted by molar-refractivity contribution is 6.08. The Hall–Kier alpha value is -3.30. The molecule has 1 unspecified atom stereocenters. The van der Waals surface area contributed by atoms with Gasteiger partial charge in [-0.15, -0.1) is 0 Å². The lowest BCUT2D eigenvalue weighted by molar-refractivity contribution is 0.0940. The second kappa shape index (κ2) is 11.2. The minimum absolute atomic E-state index is 0.148.